The van der Waals surface area contributed by atoms with Crippen molar-refractivity contribution in [2.24, 2.45) is 0 Å². The summed E-state index contributed by atoms with van der Waals surface area (Å²) >= 11 is 1.75. The topological polar surface area (TPSA) is 12.9 Å². The zero-order chi connectivity index (χ0) is 21.7. The maximum Gasteiger partial charge on any atom is 0.115 e. The molecule has 164 valence electrons. The van der Waals surface area contributed by atoms with E-state index in [0.29, 0.717) is 0 Å². The Balaban J connectivity index is 0.00000228. The summed E-state index contributed by atoms with van der Waals surface area (Å²) in [5.74, 6) is 0. The van der Waals surface area contributed by atoms with Gasteiger partial charge in [0.1, 0.15) is 5.01 Å². The summed E-state index contributed by atoms with van der Waals surface area (Å²) in [6.07, 6.45) is 0. The molecule has 0 amide bonds. The molecule has 5 aromatic rings. The standard InChI is InChI=1S/C30H22NS.Pt/c1-30(2)25-16-10-9-15-23(25)24-19-22(17-18-26(24)30)27-28(20-11-5-3-6-12-20)32-29(31-27)21-13-7-4-8-14-21;/h3-18H,1-2H3;/q-1;. The average Bonchev–Trinajstić information content (AvgIpc) is 3.39. The number of nitrogens with zero attached hydrogens (tertiary/aromatic N) is 1. The van der Waals surface area contributed by atoms with Crippen LogP contribution in [0.25, 0.3) is 43.4 Å². The van der Waals surface area contributed by atoms with Gasteiger partial charge >= 0.3 is 0 Å². The SMILES string of the molecule is CC1(C)c2ccc(-c3nc(-c4ccccc4)sc3-c3ccccc3)[c-]c2-c2ccccc21.[Pt]. The van der Waals surface area contributed by atoms with Gasteiger partial charge in [-0.3, -0.25) is 4.98 Å². The molecule has 6 rings (SSSR count). The summed E-state index contributed by atoms with van der Waals surface area (Å²) in [7, 11) is 0. The van der Waals surface area contributed by atoms with Crippen LogP contribution in [0.5, 0.6) is 0 Å². The Morgan fingerprint density at radius 1 is 0.697 bits per heavy atom. The van der Waals surface area contributed by atoms with Gasteiger partial charge in [-0.15, -0.1) is 40.7 Å². The van der Waals surface area contributed by atoms with E-state index in [1.54, 1.807) is 11.3 Å². The van der Waals surface area contributed by atoms with E-state index in [2.05, 4.69) is 111 Å². The fraction of sp³-hybridized carbons (Fsp3) is 0.100. The molecular formula is C30H22NPtS-. The molecule has 3 heteroatoms. The Hall–Kier alpha value is -2.80. The monoisotopic (exact) mass is 623 g/mol. The van der Waals surface area contributed by atoms with E-state index < -0.39 is 0 Å². The second-order valence-electron chi connectivity index (χ2n) is 8.76. The molecule has 0 radical (unpaired) electrons. The van der Waals surface area contributed by atoms with E-state index in [0.717, 1.165) is 21.8 Å². The van der Waals surface area contributed by atoms with Gasteiger partial charge in [0.15, 0.2) is 0 Å². The van der Waals surface area contributed by atoms with E-state index in [1.165, 1.54) is 32.7 Å². The minimum Gasteiger partial charge on any atom is -0.275 e. The van der Waals surface area contributed by atoms with Gasteiger partial charge in [0.25, 0.3) is 0 Å². The minimum atomic E-state index is -0.0134. The van der Waals surface area contributed by atoms with Crippen molar-refractivity contribution in [3.8, 4) is 43.4 Å². The third kappa shape index (κ3) is 3.62. The molecule has 0 saturated carbocycles. The molecule has 1 nitrogen and oxygen atoms in total. The summed E-state index contributed by atoms with van der Waals surface area (Å²) in [5.41, 5.74) is 9.58. The summed E-state index contributed by atoms with van der Waals surface area (Å²) in [6, 6.07) is 38.0. The third-order valence-corrected chi connectivity index (χ3v) is 7.58. The number of rotatable bonds is 3. The molecule has 0 spiro atoms. The number of hydrogen-bond donors (Lipinski definition) is 0. The van der Waals surface area contributed by atoms with Gasteiger partial charge in [-0.2, -0.15) is 0 Å². The first-order chi connectivity index (χ1) is 15.6. The van der Waals surface area contributed by atoms with E-state index in [-0.39, 0.29) is 26.5 Å². The predicted molar refractivity (Wildman–Crippen MR) is 135 cm³/mol. The summed E-state index contributed by atoms with van der Waals surface area (Å²) in [6.45, 7) is 4.61. The quantitative estimate of drug-likeness (QED) is 0.185. The van der Waals surface area contributed by atoms with Crippen LogP contribution in [0.4, 0.5) is 0 Å². The zero-order valence-electron chi connectivity index (χ0n) is 18.4. The minimum absolute atomic E-state index is 0. The summed E-state index contributed by atoms with van der Waals surface area (Å²) < 4.78 is 0. The van der Waals surface area contributed by atoms with Crippen LogP contribution in [0.1, 0.15) is 25.0 Å². The first-order valence-corrected chi connectivity index (χ1v) is 11.7. The Morgan fingerprint density at radius 2 is 1.33 bits per heavy atom. The maximum atomic E-state index is 5.13. The number of hydrogen-bond acceptors (Lipinski definition) is 2. The Labute approximate surface area is 213 Å². The predicted octanol–water partition coefficient (Wildman–Crippen LogP) is 8.25. The molecule has 33 heavy (non-hydrogen) atoms. The number of thiazole rings is 1. The van der Waals surface area contributed by atoms with Crippen LogP contribution in [0.3, 0.4) is 0 Å². The smallest absolute Gasteiger partial charge is 0.115 e. The summed E-state index contributed by atoms with van der Waals surface area (Å²) in [5, 5.41) is 1.04. The number of fused-ring (bicyclic) bond motifs is 3. The molecule has 0 N–H and O–H groups in total. The van der Waals surface area contributed by atoms with Crippen molar-refractivity contribution in [1.29, 1.82) is 0 Å². The molecule has 1 heterocycles. The van der Waals surface area contributed by atoms with Gasteiger partial charge in [0.2, 0.25) is 0 Å². The molecule has 1 aromatic heterocycles. The second kappa shape index (κ2) is 8.52. The number of aromatic nitrogens is 1. The molecule has 4 aromatic carbocycles. The fourth-order valence-electron chi connectivity index (χ4n) is 4.75. The molecule has 0 atom stereocenters. The van der Waals surface area contributed by atoms with Gasteiger partial charge in [0, 0.05) is 37.2 Å². The molecule has 0 aliphatic heterocycles. The maximum absolute atomic E-state index is 5.13. The van der Waals surface area contributed by atoms with Crippen LogP contribution in [-0.2, 0) is 26.5 Å². The first-order valence-electron chi connectivity index (χ1n) is 10.9. The Bertz CT molecular complexity index is 1440. The second-order valence-corrected chi connectivity index (χ2v) is 9.76. The van der Waals surface area contributed by atoms with E-state index in [4.69, 9.17) is 4.98 Å². The van der Waals surface area contributed by atoms with E-state index in [1.807, 2.05) is 6.07 Å². The Morgan fingerprint density at radius 3 is 2.06 bits per heavy atom. The van der Waals surface area contributed by atoms with E-state index >= 15 is 0 Å². The van der Waals surface area contributed by atoms with Gasteiger partial charge in [0.05, 0.1) is 0 Å². The van der Waals surface area contributed by atoms with Crippen molar-refractivity contribution in [1.82, 2.24) is 4.98 Å². The third-order valence-electron chi connectivity index (χ3n) is 6.43. The zero-order valence-corrected chi connectivity index (χ0v) is 21.5. The van der Waals surface area contributed by atoms with Crippen LogP contribution in [-0.4, -0.2) is 4.98 Å². The van der Waals surface area contributed by atoms with Gasteiger partial charge < -0.3 is 0 Å². The van der Waals surface area contributed by atoms with Gasteiger partial charge in [-0.05, 0) is 11.0 Å². The van der Waals surface area contributed by atoms with Crippen molar-refractivity contribution in [3.63, 3.8) is 0 Å². The van der Waals surface area contributed by atoms with Crippen molar-refractivity contribution >= 4 is 11.3 Å². The van der Waals surface area contributed by atoms with E-state index in [9.17, 15) is 0 Å². The van der Waals surface area contributed by atoms with Crippen LogP contribution >= 0.6 is 11.3 Å². The fourth-order valence-corrected chi connectivity index (χ4v) is 5.84. The van der Waals surface area contributed by atoms with Crippen LogP contribution in [0, 0.1) is 6.07 Å². The average molecular weight is 624 g/mol. The van der Waals surface area contributed by atoms with Crippen molar-refractivity contribution < 1.29 is 21.1 Å². The van der Waals surface area contributed by atoms with Gasteiger partial charge in [-0.1, -0.05) is 115 Å². The summed E-state index contributed by atoms with van der Waals surface area (Å²) in [4.78, 5) is 6.32. The molecule has 0 unspecified atom stereocenters. The van der Waals surface area contributed by atoms with Crippen molar-refractivity contribution in [3.05, 3.63) is 114 Å². The molecule has 1 aliphatic rings. The first kappa shape index (κ1) is 22.0. The Kier molecular flexibility index (Phi) is 5.68. The number of benzene rings is 4. The largest absolute Gasteiger partial charge is 0.275 e. The van der Waals surface area contributed by atoms with Crippen molar-refractivity contribution in [2.75, 3.05) is 0 Å². The van der Waals surface area contributed by atoms with Crippen LogP contribution in [0.15, 0.2) is 97.1 Å². The van der Waals surface area contributed by atoms with Crippen molar-refractivity contribution in [2.45, 2.75) is 19.3 Å². The molecule has 0 bridgehead atoms. The molecule has 0 saturated heterocycles. The molecule has 0 fully saturated rings. The van der Waals surface area contributed by atoms with Crippen LogP contribution < -0.4 is 0 Å². The van der Waals surface area contributed by atoms with Gasteiger partial charge in [-0.25, -0.2) is 0 Å². The molecular weight excluding hydrogens is 601 g/mol. The van der Waals surface area contributed by atoms with Crippen LogP contribution in [0.2, 0.25) is 0 Å². The molecule has 1 aliphatic carbocycles. The normalized spacial score (nSPS) is 13.2.